The summed E-state index contributed by atoms with van der Waals surface area (Å²) in [5.74, 6) is -1.09. The largest absolute Gasteiger partial charge is 0.477 e. The maximum Gasteiger partial charge on any atom is 0.353 e. The van der Waals surface area contributed by atoms with E-state index in [1.165, 1.54) is 0 Å². The third-order valence-electron chi connectivity index (χ3n) is 5.04. The van der Waals surface area contributed by atoms with E-state index in [0.29, 0.717) is 28.4 Å². The third kappa shape index (κ3) is 2.68. The molecule has 0 fully saturated rings. The Bertz CT molecular complexity index is 1060. The van der Waals surface area contributed by atoms with E-state index in [9.17, 15) is 14.7 Å². The smallest absolute Gasteiger partial charge is 0.353 e. The Balaban J connectivity index is 2.13. The second kappa shape index (κ2) is 6.10. The molecule has 0 aliphatic carbocycles. The first-order valence-corrected chi connectivity index (χ1v) is 9.05. The van der Waals surface area contributed by atoms with Gasteiger partial charge in [-0.25, -0.2) is 4.79 Å². The summed E-state index contributed by atoms with van der Waals surface area (Å²) in [4.78, 5) is 25.4. The Morgan fingerprint density at radius 3 is 2.19 bits per heavy atom. The molecule has 0 amide bonds. The van der Waals surface area contributed by atoms with Gasteiger partial charge in [0.1, 0.15) is 5.69 Å². The summed E-state index contributed by atoms with van der Waals surface area (Å²) < 4.78 is 1.66. The van der Waals surface area contributed by atoms with Crippen LogP contribution in [0.4, 0.5) is 0 Å². The molecule has 4 rings (SSSR count). The summed E-state index contributed by atoms with van der Waals surface area (Å²) in [6, 6.07) is 16.5. The van der Waals surface area contributed by atoms with Gasteiger partial charge in [-0.1, -0.05) is 67.9 Å². The molecular weight excluding hydrogens is 362 g/mol. The van der Waals surface area contributed by atoms with E-state index in [2.05, 4.69) is 0 Å². The minimum Gasteiger partial charge on any atom is -0.477 e. The fourth-order valence-electron chi connectivity index (χ4n) is 3.81. The average Bonchev–Trinajstić information content (AvgIpc) is 3.07. The molecule has 0 saturated carbocycles. The van der Waals surface area contributed by atoms with Gasteiger partial charge in [0.05, 0.1) is 5.69 Å². The van der Waals surface area contributed by atoms with E-state index in [4.69, 9.17) is 11.6 Å². The lowest BCUT2D eigenvalue weighted by Crippen LogP contribution is -2.21. The third-order valence-corrected chi connectivity index (χ3v) is 5.30. The Hall–Kier alpha value is -2.85. The van der Waals surface area contributed by atoms with Crippen LogP contribution < -0.4 is 0 Å². The minimum atomic E-state index is -1.05. The topological polar surface area (TPSA) is 59.3 Å². The Kier molecular flexibility index (Phi) is 3.97. The average molecular weight is 380 g/mol. The van der Waals surface area contributed by atoms with Gasteiger partial charge >= 0.3 is 5.97 Å². The zero-order valence-corrected chi connectivity index (χ0v) is 15.7. The van der Waals surface area contributed by atoms with Crippen LogP contribution in [0.5, 0.6) is 0 Å². The van der Waals surface area contributed by atoms with Gasteiger partial charge in [0, 0.05) is 28.1 Å². The summed E-state index contributed by atoms with van der Waals surface area (Å²) >= 11 is 6.02. The molecule has 3 aromatic rings. The van der Waals surface area contributed by atoms with Gasteiger partial charge in [0.2, 0.25) is 0 Å². The number of fused-ring (bicyclic) bond motifs is 1. The normalized spacial score (nSPS) is 15.0. The number of carboxylic acid groups (broad SMARTS) is 1. The summed E-state index contributed by atoms with van der Waals surface area (Å²) in [6.45, 7) is 4.05. The van der Waals surface area contributed by atoms with E-state index in [-0.39, 0.29) is 11.5 Å². The van der Waals surface area contributed by atoms with Crippen LogP contribution in [0.15, 0.2) is 54.6 Å². The molecule has 5 heteroatoms. The zero-order valence-electron chi connectivity index (χ0n) is 15.0. The van der Waals surface area contributed by atoms with Gasteiger partial charge in [-0.05, 0) is 23.3 Å². The molecule has 2 heterocycles. The molecule has 0 unspecified atom stereocenters. The van der Waals surface area contributed by atoms with E-state index in [1.807, 2.05) is 44.2 Å². The molecule has 1 aromatic heterocycles. The van der Waals surface area contributed by atoms with E-state index in [0.717, 1.165) is 11.1 Å². The maximum absolute atomic E-state index is 13.2. The van der Waals surface area contributed by atoms with Crippen LogP contribution in [0.3, 0.4) is 0 Å². The lowest BCUT2D eigenvalue weighted by molar-refractivity contribution is 0.0683. The molecule has 1 aliphatic rings. The number of carbonyl (C=O) groups is 2. The molecule has 1 N–H and O–H groups in total. The second-order valence-corrected chi connectivity index (χ2v) is 7.86. The van der Waals surface area contributed by atoms with Crippen molar-refractivity contribution in [2.45, 2.75) is 20.4 Å². The number of benzene rings is 2. The summed E-state index contributed by atoms with van der Waals surface area (Å²) in [5.41, 5.74) is 2.75. The number of carboxylic acids is 1. The van der Waals surface area contributed by atoms with Gasteiger partial charge < -0.3 is 9.67 Å². The number of halogens is 1. The fourth-order valence-corrected chi connectivity index (χ4v) is 3.93. The van der Waals surface area contributed by atoms with Crippen LogP contribution in [0, 0.1) is 5.41 Å². The van der Waals surface area contributed by atoms with E-state index >= 15 is 0 Å². The van der Waals surface area contributed by atoms with Crippen LogP contribution in [0.2, 0.25) is 5.02 Å². The SMILES string of the molecule is CC1(C)Cn2c(C(=O)O)c(-c3ccc(Cl)cc3)c(-c3ccccc3)c2C1=O. The summed E-state index contributed by atoms with van der Waals surface area (Å²) in [6.07, 6.45) is 0. The van der Waals surface area contributed by atoms with Crippen LogP contribution in [-0.4, -0.2) is 21.4 Å². The molecule has 4 nitrogen and oxygen atoms in total. The number of aromatic carboxylic acids is 1. The molecule has 0 spiro atoms. The zero-order chi connectivity index (χ0) is 19.3. The number of ketones is 1. The number of hydrogen-bond donors (Lipinski definition) is 1. The number of nitrogens with zero attached hydrogens (tertiary/aromatic N) is 1. The van der Waals surface area contributed by atoms with Crippen molar-refractivity contribution < 1.29 is 14.7 Å². The molecule has 0 bridgehead atoms. The molecule has 136 valence electrons. The minimum absolute atomic E-state index is 0.0379. The Morgan fingerprint density at radius 2 is 1.59 bits per heavy atom. The van der Waals surface area contributed by atoms with Gasteiger partial charge in [-0.3, -0.25) is 4.79 Å². The highest BCUT2D eigenvalue weighted by molar-refractivity contribution is 6.30. The lowest BCUT2D eigenvalue weighted by Gasteiger charge is -2.16. The monoisotopic (exact) mass is 379 g/mol. The fraction of sp³-hybridized carbons (Fsp3) is 0.182. The maximum atomic E-state index is 13.2. The molecule has 0 atom stereocenters. The van der Waals surface area contributed by atoms with Crippen LogP contribution in [0.25, 0.3) is 22.3 Å². The van der Waals surface area contributed by atoms with Crippen molar-refractivity contribution in [2.24, 2.45) is 5.41 Å². The second-order valence-electron chi connectivity index (χ2n) is 7.42. The quantitative estimate of drug-likeness (QED) is 0.663. The number of hydrogen-bond acceptors (Lipinski definition) is 2. The van der Waals surface area contributed by atoms with Crippen molar-refractivity contribution in [2.75, 3.05) is 0 Å². The van der Waals surface area contributed by atoms with Crippen molar-refractivity contribution in [3.05, 3.63) is 71.0 Å². The molecule has 0 radical (unpaired) electrons. The number of aromatic nitrogens is 1. The van der Waals surface area contributed by atoms with Crippen molar-refractivity contribution in [1.82, 2.24) is 4.57 Å². The van der Waals surface area contributed by atoms with Gasteiger partial charge in [-0.15, -0.1) is 0 Å². The standard InChI is InChI=1S/C22H18ClNO3/c1-22(2)12-24-18(20(22)25)16(13-6-4-3-5-7-13)17(19(24)21(26)27)14-8-10-15(23)11-9-14/h3-11H,12H2,1-2H3,(H,26,27). The van der Waals surface area contributed by atoms with Crippen LogP contribution in [0.1, 0.15) is 34.8 Å². The molecule has 27 heavy (non-hydrogen) atoms. The summed E-state index contributed by atoms with van der Waals surface area (Å²) in [5, 5.41) is 10.6. The first-order valence-electron chi connectivity index (χ1n) is 8.67. The predicted octanol–water partition coefficient (Wildman–Crippen LogP) is 5.40. The van der Waals surface area contributed by atoms with Crippen molar-refractivity contribution in [3.8, 4) is 22.3 Å². The predicted molar refractivity (Wildman–Crippen MR) is 105 cm³/mol. The molecule has 0 saturated heterocycles. The molecule has 1 aliphatic heterocycles. The van der Waals surface area contributed by atoms with Gasteiger partial charge in [0.15, 0.2) is 5.78 Å². The van der Waals surface area contributed by atoms with Gasteiger partial charge in [0.25, 0.3) is 0 Å². The number of rotatable bonds is 3. The van der Waals surface area contributed by atoms with Crippen molar-refractivity contribution >= 4 is 23.4 Å². The van der Waals surface area contributed by atoms with Crippen molar-refractivity contribution in [3.63, 3.8) is 0 Å². The van der Waals surface area contributed by atoms with Gasteiger partial charge in [-0.2, -0.15) is 0 Å². The first-order chi connectivity index (χ1) is 12.8. The van der Waals surface area contributed by atoms with E-state index < -0.39 is 11.4 Å². The molecular formula is C22H18ClNO3. The Morgan fingerprint density at radius 1 is 1.00 bits per heavy atom. The van der Waals surface area contributed by atoms with E-state index in [1.54, 1.807) is 28.8 Å². The first kappa shape index (κ1) is 17.6. The van der Waals surface area contributed by atoms with Crippen LogP contribution in [-0.2, 0) is 6.54 Å². The number of carbonyl (C=O) groups excluding carboxylic acids is 1. The highest BCUT2D eigenvalue weighted by Crippen LogP contribution is 2.46. The highest BCUT2D eigenvalue weighted by Gasteiger charge is 2.44. The molecule has 2 aromatic carbocycles. The van der Waals surface area contributed by atoms with Crippen LogP contribution >= 0.6 is 11.6 Å². The highest BCUT2D eigenvalue weighted by atomic mass is 35.5. The Labute approximate surface area is 162 Å². The lowest BCUT2D eigenvalue weighted by atomic mass is 9.85. The summed E-state index contributed by atoms with van der Waals surface area (Å²) in [7, 11) is 0. The van der Waals surface area contributed by atoms with Crippen molar-refractivity contribution in [1.29, 1.82) is 0 Å². The number of Topliss-reactive ketones (excluding diaryl/α,β-unsaturated/α-hetero) is 1.